The van der Waals surface area contributed by atoms with Crippen LogP contribution in [0.25, 0.3) is 0 Å². The van der Waals surface area contributed by atoms with Gasteiger partial charge >= 0.3 is 0 Å². The summed E-state index contributed by atoms with van der Waals surface area (Å²) in [4.78, 5) is 13.6. The molecule has 202 valence electrons. The molecule has 0 aliphatic carbocycles. The number of para-hydroxylation sites is 2. The van der Waals surface area contributed by atoms with E-state index in [0.717, 1.165) is 41.8 Å². The van der Waals surface area contributed by atoms with Crippen molar-refractivity contribution in [2.24, 2.45) is 5.41 Å². The maximum atomic E-state index is 15.3. The Balaban J connectivity index is 1.26. The number of likely N-dealkylation sites (tertiary alicyclic amines) is 1. The molecule has 0 saturated carbocycles. The Morgan fingerprint density at radius 3 is 2.45 bits per heavy atom. The normalized spacial score (nSPS) is 17.4. The Bertz CT molecular complexity index is 1260. The van der Waals surface area contributed by atoms with Crippen molar-refractivity contribution in [3.05, 3.63) is 59.0 Å². The van der Waals surface area contributed by atoms with Crippen molar-refractivity contribution in [1.82, 2.24) is 14.9 Å². The molecule has 1 aromatic heterocycles. The summed E-state index contributed by atoms with van der Waals surface area (Å²) in [7, 11) is 4.22. The van der Waals surface area contributed by atoms with Gasteiger partial charge in [-0.25, -0.2) is 9.37 Å². The van der Waals surface area contributed by atoms with Gasteiger partial charge in [-0.05, 0) is 97.5 Å². The minimum atomic E-state index is -0.223. The molecule has 3 heterocycles. The molecule has 2 saturated heterocycles. The smallest absolute Gasteiger partial charge is 0.229 e. The van der Waals surface area contributed by atoms with Gasteiger partial charge in [0.25, 0.3) is 0 Å². The van der Waals surface area contributed by atoms with Crippen LogP contribution in [-0.2, 0) is 0 Å². The van der Waals surface area contributed by atoms with Crippen molar-refractivity contribution in [3.8, 4) is 0 Å². The average Bonchev–Trinajstić information content (AvgIpc) is 2.93. The molecule has 2 aliphatic rings. The number of hydrogen-bond acceptors (Lipinski definition) is 8. The van der Waals surface area contributed by atoms with Crippen LogP contribution in [0.2, 0.25) is 0 Å². The molecule has 3 aromatic rings. The first-order valence-corrected chi connectivity index (χ1v) is 15.0. The topological polar surface area (TPSA) is 59.6 Å². The van der Waals surface area contributed by atoms with E-state index in [1.807, 2.05) is 49.7 Å². The van der Waals surface area contributed by atoms with Crippen LogP contribution in [0, 0.1) is 11.2 Å². The summed E-state index contributed by atoms with van der Waals surface area (Å²) >= 11 is 5.17. The number of halogens is 2. The van der Waals surface area contributed by atoms with Gasteiger partial charge in [0, 0.05) is 38.3 Å². The van der Waals surface area contributed by atoms with Crippen molar-refractivity contribution < 1.29 is 4.39 Å². The van der Waals surface area contributed by atoms with Gasteiger partial charge in [-0.3, -0.25) is 0 Å². The first-order valence-electron chi connectivity index (χ1n) is 13.0. The molecular formula is C28H35BrFN7S. The quantitative estimate of drug-likeness (QED) is 0.285. The average molecular weight is 601 g/mol. The Labute approximate surface area is 237 Å². The van der Waals surface area contributed by atoms with Crippen LogP contribution in [0.4, 0.5) is 38.9 Å². The van der Waals surface area contributed by atoms with E-state index < -0.39 is 0 Å². The zero-order valence-corrected chi connectivity index (χ0v) is 24.6. The molecule has 5 rings (SSSR count). The predicted molar refractivity (Wildman–Crippen MR) is 162 cm³/mol. The van der Waals surface area contributed by atoms with Gasteiger partial charge in [-0.15, -0.1) is 0 Å². The molecular weight excluding hydrogens is 565 g/mol. The van der Waals surface area contributed by atoms with E-state index in [4.69, 9.17) is 0 Å². The summed E-state index contributed by atoms with van der Waals surface area (Å²) in [5, 5.41) is 6.56. The molecule has 2 aromatic carbocycles. The van der Waals surface area contributed by atoms with Crippen molar-refractivity contribution in [1.29, 1.82) is 0 Å². The highest BCUT2D eigenvalue weighted by Gasteiger charge is 2.37. The van der Waals surface area contributed by atoms with Gasteiger partial charge in [0.15, 0.2) is 0 Å². The summed E-state index contributed by atoms with van der Waals surface area (Å²) in [6.45, 7) is 4.16. The standard InChI is InChI=1S/C28H35BrFN7S/c1-35-14-10-28(11-15-35)12-16-37(17-13-28)24-9-8-20(18-22(24)30)32-27-31-19-21(29)26(34-27)33-23-6-4-5-7-25(23)36(2)38-3/h4-9,18-19H,10-17H2,1-3H3,(H2,31,32,33,34). The molecule has 0 radical (unpaired) electrons. The molecule has 0 atom stereocenters. The van der Waals surface area contributed by atoms with Crippen LogP contribution in [0.5, 0.6) is 0 Å². The molecule has 0 amide bonds. The highest BCUT2D eigenvalue weighted by Crippen LogP contribution is 2.42. The summed E-state index contributed by atoms with van der Waals surface area (Å²) in [6.07, 6.45) is 8.51. The molecule has 7 nitrogen and oxygen atoms in total. The lowest BCUT2D eigenvalue weighted by molar-refractivity contribution is 0.0943. The fraction of sp³-hybridized carbons (Fsp3) is 0.429. The van der Waals surface area contributed by atoms with Gasteiger partial charge in [0.05, 0.1) is 21.5 Å². The molecule has 38 heavy (non-hydrogen) atoms. The molecule has 10 heteroatoms. The third-order valence-corrected chi connectivity index (χ3v) is 9.26. The second-order valence-corrected chi connectivity index (χ2v) is 12.1. The SMILES string of the molecule is CSN(C)c1ccccc1Nc1nc(Nc2ccc(N3CCC4(CCN(C)CC4)CC3)c(F)c2)ncc1Br. The van der Waals surface area contributed by atoms with Gasteiger partial charge in [-0.2, -0.15) is 4.98 Å². The minimum absolute atomic E-state index is 0.223. The maximum absolute atomic E-state index is 15.3. The predicted octanol–water partition coefficient (Wildman–Crippen LogP) is 6.89. The Morgan fingerprint density at radius 1 is 1.03 bits per heavy atom. The van der Waals surface area contributed by atoms with Crippen LogP contribution < -0.4 is 19.8 Å². The number of hydrogen-bond donors (Lipinski definition) is 2. The maximum Gasteiger partial charge on any atom is 0.229 e. The number of aromatic nitrogens is 2. The first kappa shape index (κ1) is 27.0. The first-order chi connectivity index (χ1) is 18.4. The summed E-state index contributed by atoms with van der Waals surface area (Å²) in [5.41, 5.74) is 3.69. The van der Waals surface area contributed by atoms with E-state index in [9.17, 15) is 0 Å². The Kier molecular flexibility index (Phi) is 8.30. The van der Waals surface area contributed by atoms with Crippen LogP contribution in [-0.4, -0.2) is 61.4 Å². The van der Waals surface area contributed by atoms with Gasteiger partial charge in [0.2, 0.25) is 5.95 Å². The third-order valence-electron chi connectivity index (χ3n) is 7.93. The molecule has 0 unspecified atom stereocenters. The monoisotopic (exact) mass is 599 g/mol. The van der Waals surface area contributed by atoms with Gasteiger partial charge in [0.1, 0.15) is 11.6 Å². The van der Waals surface area contributed by atoms with Gasteiger partial charge < -0.3 is 24.7 Å². The minimum Gasteiger partial charge on any atom is -0.369 e. The number of anilines is 6. The van der Waals surface area contributed by atoms with Crippen molar-refractivity contribution in [3.63, 3.8) is 0 Å². The van der Waals surface area contributed by atoms with E-state index in [-0.39, 0.29) is 5.82 Å². The van der Waals surface area contributed by atoms with Crippen molar-refractivity contribution in [2.75, 3.05) is 66.4 Å². The number of piperidine rings is 2. The van der Waals surface area contributed by atoms with E-state index in [1.54, 1.807) is 18.1 Å². The zero-order valence-electron chi connectivity index (χ0n) is 22.2. The number of benzene rings is 2. The number of rotatable bonds is 7. The van der Waals surface area contributed by atoms with Crippen LogP contribution >= 0.6 is 27.9 Å². The number of nitrogens with one attached hydrogen (secondary N) is 2. The molecule has 2 N–H and O–H groups in total. The lowest BCUT2D eigenvalue weighted by Gasteiger charge is -2.46. The lowest BCUT2D eigenvalue weighted by atomic mass is 9.71. The second kappa shape index (κ2) is 11.7. The highest BCUT2D eigenvalue weighted by molar-refractivity contribution is 9.10. The summed E-state index contributed by atoms with van der Waals surface area (Å²) < 4.78 is 18.1. The Morgan fingerprint density at radius 2 is 1.74 bits per heavy atom. The van der Waals surface area contributed by atoms with E-state index >= 15 is 4.39 Å². The highest BCUT2D eigenvalue weighted by atomic mass is 79.9. The number of nitrogens with zero attached hydrogens (tertiary/aromatic N) is 5. The summed E-state index contributed by atoms with van der Waals surface area (Å²) in [5.74, 6) is 0.789. The van der Waals surface area contributed by atoms with Crippen molar-refractivity contribution in [2.45, 2.75) is 25.7 Å². The fourth-order valence-electron chi connectivity index (χ4n) is 5.38. The summed E-state index contributed by atoms with van der Waals surface area (Å²) in [6, 6.07) is 13.4. The molecule has 1 spiro atoms. The zero-order chi connectivity index (χ0) is 26.7. The lowest BCUT2D eigenvalue weighted by Crippen LogP contribution is -2.46. The van der Waals surface area contributed by atoms with E-state index in [2.05, 4.69) is 57.7 Å². The van der Waals surface area contributed by atoms with E-state index in [0.29, 0.717) is 28.6 Å². The van der Waals surface area contributed by atoms with E-state index in [1.165, 1.54) is 32.0 Å². The molecule has 0 bridgehead atoms. The van der Waals surface area contributed by atoms with Crippen LogP contribution in [0.15, 0.2) is 53.1 Å². The fourth-order valence-corrected chi connectivity index (χ4v) is 6.03. The van der Waals surface area contributed by atoms with Crippen LogP contribution in [0.3, 0.4) is 0 Å². The van der Waals surface area contributed by atoms with Crippen molar-refractivity contribution >= 4 is 62.4 Å². The third kappa shape index (κ3) is 6.02. The largest absolute Gasteiger partial charge is 0.369 e. The van der Waals surface area contributed by atoms with Crippen LogP contribution in [0.1, 0.15) is 25.7 Å². The molecule has 2 aliphatic heterocycles. The van der Waals surface area contributed by atoms with Gasteiger partial charge in [-0.1, -0.05) is 24.1 Å². The Hall–Kier alpha value is -2.56. The second-order valence-electron chi connectivity index (χ2n) is 10.3. The molecule has 2 fully saturated rings.